The summed E-state index contributed by atoms with van der Waals surface area (Å²) in [5, 5.41) is 0.230. The van der Waals surface area contributed by atoms with E-state index in [4.69, 9.17) is 32.7 Å². The third-order valence-corrected chi connectivity index (χ3v) is 6.31. The monoisotopic (exact) mass is 455 g/mol. The Morgan fingerprint density at radius 1 is 1.10 bits per heavy atom. The number of esters is 1. The van der Waals surface area contributed by atoms with Gasteiger partial charge in [-0.3, -0.25) is 9.59 Å². The van der Waals surface area contributed by atoms with Gasteiger partial charge in [0, 0.05) is 12.5 Å². The maximum atomic E-state index is 13.1. The molecule has 0 saturated carbocycles. The molecule has 2 aromatic carbocycles. The molecule has 0 fully saturated rings. The van der Waals surface area contributed by atoms with Crippen molar-refractivity contribution in [2.75, 3.05) is 0 Å². The molecule has 1 aliphatic heterocycles. The van der Waals surface area contributed by atoms with Gasteiger partial charge in [-0.2, -0.15) is 0 Å². The lowest BCUT2D eigenvalue weighted by Crippen LogP contribution is -2.33. The highest BCUT2D eigenvalue weighted by Gasteiger charge is 2.51. The molecule has 1 N–H and O–H groups in total. The van der Waals surface area contributed by atoms with Crippen molar-refractivity contribution >= 4 is 45.0 Å². The van der Waals surface area contributed by atoms with Gasteiger partial charge < -0.3 is 9.47 Å². The number of Topliss-reactive ketones (excluding diaryl/α,β-unsaturated/α-hetero) is 1. The van der Waals surface area contributed by atoms with Crippen molar-refractivity contribution in [3.05, 3.63) is 75.8 Å². The van der Waals surface area contributed by atoms with Crippen LogP contribution in [0.4, 0.5) is 0 Å². The van der Waals surface area contributed by atoms with Gasteiger partial charge >= 0.3 is 5.97 Å². The van der Waals surface area contributed by atoms with Gasteiger partial charge in [-0.05, 0) is 25.1 Å². The zero-order valence-electron chi connectivity index (χ0n) is 15.2. The summed E-state index contributed by atoms with van der Waals surface area (Å²) in [5.41, 5.74) is -1.57. The van der Waals surface area contributed by atoms with Crippen LogP contribution in [-0.2, 0) is 34.7 Å². The molecule has 0 bridgehead atoms. The van der Waals surface area contributed by atoms with Gasteiger partial charge in [-0.25, -0.2) is 13.1 Å². The topological polar surface area (TPSA) is 98.8 Å². The molecular weight excluding hydrogens is 441 g/mol. The number of ether oxygens (including phenoxy) is 2. The molecule has 0 amide bonds. The van der Waals surface area contributed by atoms with E-state index < -0.39 is 39.0 Å². The highest BCUT2D eigenvalue weighted by Crippen LogP contribution is 2.43. The predicted octanol–water partition coefficient (Wildman–Crippen LogP) is 3.52. The van der Waals surface area contributed by atoms with E-state index in [1.165, 1.54) is 43.3 Å². The summed E-state index contributed by atoms with van der Waals surface area (Å²) in [5.74, 6) is -2.71. The first-order valence-corrected chi connectivity index (χ1v) is 10.5. The van der Waals surface area contributed by atoms with Crippen molar-refractivity contribution < 1.29 is 27.5 Å². The van der Waals surface area contributed by atoms with E-state index in [1.54, 1.807) is 12.1 Å². The number of ketones is 1. The van der Waals surface area contributed by atoms with Gasteiger partial charge in [-0.15, -0.1) is 0 Å². The number of benzene rings is 2. The summed E-state index contributed by atoms with van der Waals surface area (Å²) in [7, 11) is -4.12. The van der Waals surface area contributed by atoms with Gasteiger partial charge in [0.25, 0.3) is 21.7 Å². The Labute approximate surface area is 177 Å². The summed E-state index contributed by atoms with van der Waals surface area (Å²) in [6.45, 7) is 2.45. The first kappa shape index (κ1) is 21.2. The van der Waals surface area contributed by atoms with Crippen LogP contribution in [0, 0.1) is 0 Å². The molecule has 10 heteroatoms. The second-order valence-corrected chi connectivity index (χ2v) is 8.70. The van der Waals surface area contributed by atoms with Crippen LogP contribution in [0.2, 0.25) is 10.0 Å². The van der Waals surface area contributed by atoms with Crippen molar-refractivity contribution in [3.63, 3.8) is 0 Å². The number of nitrogens with one attached hydrogen (secondary N) is 1. The molecule has 1 unspecified atom stereocenters. The van der Waals surface area contributed by atoms with Crippen molar-refractivity contribution in [1.82, 2.24) is 4.72 Å². The zero-order valence-corrected chi connectivity index (χ0v) is 17.6. The maximum absolute atomic E-state index is 13.1. The minimum Gasteiger partial charge on any atom is -0.456 e. The largest absolute Gasteiger partial charge is 0.456 e. The highest BCUT2D eigenvalue weighted by atomic mass is 35.5. The number of rotatable bonds is 5. The first-order valence-electron chi connectivity index (χ1n) is 8.25. The Bertz CT molecular complexity index is 1130. The second kappa shape index (κ2) is 7.70. The third-order valence-electron chi connectivity index (χ3n) is 4.14. The maximum Gasteiger partial charge on any atom is 0.308 e. The van der Waals surface area contributed by atoms with E-state index >= 15 is 0 Å². The molecule has 1 aliphatic rings. The minimum atomic E-state index is -4.12. The smallest absolute Gasteiger partial charge is 0.308 e. The van der Waals surface area contributed by atoms with Crippen LogP contribution in [0.15, 0.2) is 65.1 Å². The van der Waals surface area contributed by atoms with E-state index in [-0.39, 0.29) is 20.5 Å². The highest BCUT2D eigenvalue weighted by molar-refractivity contribution is 7.89. The Morgan fingerprint density at radius 2 is 1.76 bits per heavy atom. The fourth-order valence-corrected chi connectivity index (χ4v) is 4.24. The molecule has 0 aromatic heterocycles. The van der Waals surface area contributed by atoms with Gasteiger partial charge in [-0.1, -0.05) is 53.5 Å². The number of halogens is 2. The summed E-state index contributed by atoms with van der Waals surface area (Å²) >= 11 is 12.3. The number of hydrogen-bond acceptors (Lipinski definition) is 6. The Hall–Kier alpha value is -2.55. The standard InChI is InChI=1S/C19H15Cl2NO6S/c1-11(23)27-16-17(24)19(2,13-9-6-10-14(20)15(13)21)28-18(16)22-29(25,26)12-7-4-3-5-8-12/h3-10,22H,1-2H3. The molecule has 3 rings (SSSR count). The number of carbonyl (C=O) groups excluding carboxylic acids is 2. The van der Waals surface area contributed by atoms with Crippen LogP contribution in [0.25, 0.3) is 0 Å². The molecule has 0 aliphatic carbocycles. The lowest BCUT2D eigenvalue weighted by molar-refractivity contribution is -0.142. The van der Waals surface area contributed by atoms with Gasteiger partial charge in [0.2, 0.25) is 11.4 Å². The number of carbonyl (C=O) groups is 2. The normalized spacial score (nSPS) is 19.1. The molecule has 7 nitrogen and oxygen atoms in total. The number of hydrogen-bond donors (Lipinski definition) is 1. The molecule has 0 spiro atoms. The molecule has 0 saturated heterocycles. The van der Waals surface area contributed by atoms with Crippen molar-refractivity contribution in [2.24, 2.45) is 0 Å². The fraction of sp³-hybridized carbons (Fsp3) is 0.158. The van der Waals surface area contributed by atoms with Gasteiger partial charge in [0.1, 0.15) is 0 Å². The van der Waals surface area contributed by atoms with Crippen molar-refractivity contribution in [1.29, 1.82) is 0 Å². The Kier molecular flexibility index (Phi) is 5.62. The van der Waals surface area contributed by atoms with Crippen molar-refractivity contribution in [2.45, 2.75) is 24.3 Å². The average Bonchev–Trinajstić information content (AvgIpc) is 2.89. The van der Waals surface area contributed by atoms with Crippen LogP contribution in [0.1, 0.15) is 19.4 Å². The average molecular weight is 456 g/mol. The van der Waals surface area contributed by atoms with Crippen LogP contribution >= 0.6 is 23.2 Å². The fourth-order valence-electron chi connectivity index (χ4n) is 2.75. The molecular formula is C19H15Cl2NO6S. The predicted molar refractivity (Wildman–Crippen MR) is 105 cm³/mol. The van der Waals surface area contributed by atoms with Crippen LogP contribution in [0.3, 0.4) is 0 Å². The number of sulfonamides is 1. The third kappa shape index (κ3) is 3.96. The summed E-state index contributed by atoms with van der Waals surface area (Å²) < 4.78 is 38.2. The molecule has 0 radical (unpaired) electrons. The van der Waals surface area contributed by atoms with Gasteiger partial charge in [0.15, 0.2) is 0 Å². The van der Waals surface area contributed by atoms with E-state index in [1.807, 2.05) is 0 Å². The lowest BCUT2D eigenvalue weighted by Gasteiger charge is -2.25. The van der Waals surface area contributed by atoms with E-state index in [2.05, 4.69) is 4.72 Å². The van der Waals surface area contributed by atoms with E-state index in [0.29, 0.717) is 0 Å². The Balaban J connectivity index is 2.06. The molecule has 152 valence electrons. The Morgan fingerprint density at radius 3 is 2.38 bits per heavy atom. The molecule has 1 atom stereocenters. The van der Waals surface area contributed by atoms with E-state index in [0.717, 1.165) is 6.92 Å². The van der Waals surface area contributed by atoms with Crippen molar-refractivity contribution in [3.8, 4) is 0 Å². The molecule has 1 heterocycles. The summed E-state index contributed by atoms with van der Waals surface area (Å²) in [6, 6.07) is 12.0. The summed E-state index contributed by atoms with van der Waals surface area (Å²) in [6.07, 6.45) is 0. The second-order valence-electron chi connectivity index (χ2n) is 6.24. The minimum absolute atomic E-state index is 0.0550. The lowest BCUT2D eigenvalue weighted by atomic mass is 9.91. The summed E-state index contributed by atoms with van der Waals surface area (Å²) in [4.78, 5) is 24.5. The van der Waals surface area contributed by atoms with Gasteiger partial charge in [0.05, 0.1) is 14.9 Å². The van der Waals surface area contributed by atoms with Crippen LogP contribution < -0.4 is 4.72 Å². The van der Waals surface area contributed by atoms with E-state index in [9.17, 15) is 18.0 Å². The van der Waals surface area contributed by atoms with Crippen LogP contribution in [0.5, 0.6) is 0 Å². The quantitative estimate of drug-likeness (QED) is 0.692. The zero-order chi connectivity index (χ0) is 21.4. The first-order chi connectivity index (χ1) is 13.6. The molecule has 29 heavy (non-hydrogen) atoms. The molecule has 2 aromatic rings. The van der Waals surface area contributed by atoms with Crippen LogP contribution in [-0.4, -0.2) is 20.2 Å². The SMILES string of the molecule is CC(=O)OC1=C(NS(=O)(=O)c2ccccc2)OC(C)(c2cccc(Cl)c2Cl)C1=O.